The lowest BCUT2D eigenvalue weighted by Crippen LogP contribution is -1.83. The van der Waals surface area contributed by atoms with Crippen LogP contribution in [0, 0.1) is 6.92 Å². The predicted octanol–water partition coefficient (Wildman–Crippen LogP) is 6.73. The number of fused-ring (bicyclic) bond motifs is 7. The third kappa shape index (κ3) is 1.49. The Balaban J connectivity index is 2.13. The summed E-state index contributed by atoms with van der Waals surface area (Å²) in [6.45, 7) is 2.24. The molecule has 0 fully saturated rings. The zero-order valence-electron chi connectivity index (χ0n) is 11.5. The number of benzene rings is 3. The van der Waals surface area contributed by atoms with E-state index in [1.807, 2.05) is 22.7 Å². The van der Waals surface area contributed by atoms with Gasteiger partial charge in [-0.3, -0.25) is 0 Å². The van der Waals surface area contributed by atoms with Gasteiger partial charge in [-0.05, 0) is 63.0 Å². The molecule has 0 unspecified atom stereocenters. The van der Waals surface area contributed by atoms with Crippen molar-refractivity contribution in [3.63, 3.8) is 0 Å². The van der Waals surface area contributed by atoms with Gasteiger partial charge in [0.05, 0.1) is 0 Å². The molecule has 0 bridgehead atoms. The van der Waals surface area contributed by atoms with Crippen LogP contribution in [0.1, 0.15) is 5.56 Å². The Hall–Kier alpha value is -1.90. The minimum absolute atomic E-state index is 1.35. The number of rotatable bonds is 0. The Morgan fingerprint density at radius 2 is 1.33 bits per heavy atom. The monoisotopic (exact) mass is 304 g/mol. The molecule has 0 atom stereocenters. The van der Waals surface area contributed by atoms with Gasteiger partial charge in [0.1, 0.15) is 0 Å². The van der Waals surface area contributed by atoms with E-state index < -0.39 is 0 Å². The Morgan fingerprint density at radius 1 is 0.667 bits per heavy atom. The van der Waals surface area contributed by atoms with Crippen molar-refractivity contribution >= 4 is 64.4 Å². The number of aryl methyl sites for hydroxylation is 1. The Bertz CT molecular complexity index is 1140. The van der Waals surface area contributed by atoms with E-state index in [0.717, 1.165) is 0 Å². The van der Waals surface area contributed by atoms with E-state index >= 15 is 0 Å². The van der Waals surface area contributed by atoms with Crippen molar-refractivity contribution in [2.45, 2.75) is 6.92 Å². The van der Waals surface area contributed by atoms with Crippen molar-refractivity contribution < 1.29 is 0 Å². The Kier molecular flexibility index (Phi) is 2.27. The normalized spacial score (nSPS) is 12.0. The molecule has 0 N–H and O–H groups in total. The highest BCUT2D eigenvalue weighted by Gasteiger charge is 2.11. The molecule has 2 aromatic heterocycles. The number of hydrogen-bond donors (Lipinski definition) is 0. The molecule has 0 saturated heterocycles. The average Bonchev–Trinajstić information content (AvgIpc) is 3.15. The molecule has 2 heterocycles. The first kappa shape index (κ1) is 11.7. The Morgan fingerprint density at radius 3 is 2.14 bits per heavy atom. The van der Waals surface area contributed by atoms with Gasteiger partial charge in [-0.15, -0.1) is 22.7 Å². The summed E-state index contributed by atoms with van der Waals surface area (Å²) in [4.78, 5) is 0. The predicted molar refractivity (Wildman–Crippen MR) is 97.0 cm³/mol. The van der Waals surface area contributed by atoms with Crippen molar-refractivity contribution in [1.29, 1.82) is 0 Å². The molecule has 0 radical (unpaired) electrons. The van der Waals surface area contributed by atoms with Crippen LogP contribution in [0.25, 0.3) is 41.7 Å². The maximum Gasteiger partial charge on any atom is 0.0424 e. The quantitative estimate of drug-likeness (QED) is 0.278. The highest BCUT2D eigenvalue weighted by atomic mass is 32.1. The molecule has 0 saturated carbocycles. The molecule has 21 heavy (non-hydrogen) atoms. The fourth-order valence-electron chi connectivity index (χ4n) is 3.37. The molecule has 2 heteroatoms. The molecule has 0 aliphatic rings. The van der Waals surface area contributed by atoms with E-state index in [2.05, 4.69) is 60.1 Å². The van der Waals surface area contributed by atoms with Crippen molar-refractivity contribution in [3.05, 3.63) is 58.8 Å². The lowest BCUT2D eigenvalue weighted by molar-refractivity contribution is 1.58. The van der Waals surface area contributed by atoms with Gasteiger partial charge in [0.15, 0.2) is 0 Å². The van der Waals surface area contributed by atoms with Gasteiger partial charge in [-0.25, -0.2) is 0 Å². The molecular weight excluding hydrogens is 292 g/mol. The van der Waals surface area contributed by atoms with Crippen LogP contribution >= 0.6 is 22.7 Å². The van der Waals surface area contributed by atoms with Crippen LogP contribution in [-0.2, 0) is 0 Å². The maximum absolute atomic E-state index is 2.37. The van der Waals surface area contributed by atoms with Gasteiger partial charge in [-0.1, -0.05) is 24.3 Å². The standard InChI is InChI=1S/C19H12S2/c1-11-10-16-14(4-2-12-6-8-20-18(12)16)15-5-3-13-7-9-21-19(13)17(11)15/h2-10H,1H3. The van der Waals surface area contributed by atoms with Crippen LogP contribution in [0.5, 0.6) is 0 Å². The zero-order chi connectivity index (χ0) is 14.0. The first-order valence-corrected chi connectivity index (χ1v) is 8.78. The molecule has 5 aromatic rings. The van der Waals surface area contributed by atoms with E-state index in [0.29, 0.717) is 0 Å². The molecule has 5 rings (SSSR count). The third-order valence-electron chi connectivity index (χ3n) is 4.33. The van der Waals surface area contributed by atoms with E-state index in [-0.39, 0.29) is 0 Å². The number of hydrogen-bond acceptors (Lipinski definition) is 2. The summed E-state index contributed by atoms with van der Waals surface area (Å²) in [6, 6.07) is 15.9. The second kappa shape index (κ2) is 4.06. The second-order valence-corrected chi connectivity index (χ2v) is 7.35. The minimum Gasteiger partial charge on any atom is -0.143 e. The zero-order valence-corrected chi connectivity index (χ0v) is 13.1. The van der Waals surface area contributed by atoms with Crippen LogP contribution in [0.3, 0.4) is 0 Å². The largest absolute Gasteiger partial charge is 0.143 e. The SMILES string of the molecule is Cc1cc2c(ccc3ccsc32)c2ccc3ccsc3c12. The van der Waals surface area contributed by atoms with Crippen LogP contribution in [0.15, 0.2) is 53.2 Å². The van der Waals surface area contributed by atoms with Gasteiger partial charge < -0.3 is 0 Å². The van der Waals surface area contributed by atoms with Gasteiger partial charge in [0.2, 0.25) is 0 Å². The van der Waals surface area contributed by atoms with E-state index in [9.17, 15) is 0 Å². The van der Waals surface area contributed by atoms with Crippen molar-refractivity contribution in [1.82, 2.24) is 0 Å². The molecular formula is C19H12S2. The van der Waals surface area contributed by atoms with Gasteiger partial charge >= 0.3 is 0 Å². The highest BCUT2D eigenvalue weighted by Crippen LogP contribution is 2.39. The van der Waals surface area contributed by atoms with E-state index in [4.69, 9.17) is 0 Å². The lowest BCUT2D eigenvalue weighted by atomic mass is 9.96. The summed E-state index contributed by atoms with van der Waals surface area (Å²) in [5, 5.41) is 12.7. The summed E-state index contributed by atoms with van der Waals surface area (Å²) < 4.78 is 2.82. The van der Waals surface area contributed by atoms with Crippen LogP contribution in [0.4, 0.5) is 0 Å². The first-order valence-electron chi connectivity index (χ1n) is 7.02. The second-order valence-electron chi connectivity index (χ2n) is 5.52. The average molecular weight is 304 g/mol. The smallest absolute Gasteiger partial charge is 0.0424 e. The Labute approximate surface area is 130 Å². The summed E-state index contributed by atoms with van der Waals surface area (Å²) in [6.07, 6.45) is 0. The molecule has 0 nitrogen and oxygen atoms in total. The van der Waals surface area contributed by atoms with E-state index in [1.165, 1.54) is 47.3 Å². The van der Waals surface area contributed by atoms with E-state index in [1.54, 1.807) is 0 Å². The highest BCUT2D eigenvalue weighted by molar-refractivity contribution is 7.18. The molecule has 0 aliphatic carbocycles. The molecule has 0 aliphatic heterocycles. The molecule has 0 spiro atoms. The topological polar surface area (TPSA) is 0 Å². The maximum atomic E-state index is 2.37. The van der Waals surface area contributed by atoms with Gasteiger partial charge in [-0.2, -0.15) is 0 Å². The van der Waals surface area contributed by atoms with Crippen LogP contribution < -0.4 is 0 Å². The lowest BCUT2D eigenvalue weighted by Gasteiger charge is -2.09. The van der Waals surface area contributed by atoms with Crippen LogP contribution in [-0.4, -0.2) is 0 Å². The van der Waals surface area contributed by atoms with Crippen molar-refractivity contribution in [3.8, 4) is 0 Å². The fourth-order valence-corrected chi connectivity index (χ4v) is 5.30. The fraction of sp³-hybridized carbons (Fsp3) is 0.0526. The first-order chi connectivity index (χ1) is 10.3. The van der Waals surface area contributed by atoms with Gasteiger partial charge in [0.25, 0.3) is 0 Å². The molecule has 3 aromatic carbocycles. The molecule has 100 valence electrons. The summed E-state index contributed by atoms with van der Waals surface area (Å²) >= 11 is 3.69. The van der Waals surface area contributed by atoms with Crippen molar-refractivity contribution in [2.24, 2.45) is 0 Å². The summed E-state index contributed by atoms with van der Waals surface area (Å²) in [7, 11) is 0. The van der Waals surface area contributed by atoms with Gasteiger partial charge in [0, 0.05) is 20.2 Å². The number of thiophene rings is 2. The van der Waals surface area contributed by atoms with Crippen LogP contribution in [0.2, 0.25) is 0 Å². The third-order valence-corrected chi connectivity index (χ3v) is 6.24. The summed E-state index contributed by atoms with van der Waals surface area (Å²) in [5.74, 6) is 0. The molecule has 0 amide bonds. The van der Waals surface area contributed by atoms with Crippen molar-refractivity contribution in [2.75, 3.05) is 0 Å². The minimum atomic E-state index is 1.35. The summed E-state index contributed by atoms with van der Waals surface area (Å²) in [5.41, 5.74) is 1.38.